The highest BCUT2D eigenvalue weighted by Gasteiger charge is 2.31. The van der Waals surface area contributed by atoms with Crippen molar-refractivity contribution < 1.29 is 13.9 Å². The SMILES string of the molecule is CCCC1=C(C(=O)OCC)C(c2ccccc2)C=CN1c1ccc(F)cc1. The van der Waals surface area contributed by atoms with Gasteiger partial charge in [-0.2, -0.15) is 0 Å². The zero-order chi connectivity index (χ0) is 19.2. The summed E-state index contributed by atoms with van der Waals surface area (Å²) < 4.78 is 18.8. The van der Waals surface area contributed by atoms with Crippen LogP contribution in [0.5, 0.6) is 0 Å². The van der Waals surface area contributed by atoms with E-state index in [-0.39, 0.29) is 17.7 Å². The van der Waals surface area contributed by atoms with Gasteiger partial charge in [0, 0.05) is 23.5 Å². The van der Waals surface area contributed by atoms with Crippen LogP contribution in [0.15, 0.2) is 78.1 Å². The molecule has 2 aromatic carbocycles. The number of halogens is 1. The lowest BCUT2D eigenvalue weighted by atomic mass is 9.86. The van der Waals surface area contributed by atoms with Crippen LogP contribution in [0.2, 0.25) is 0 Å². The Hall–Kier alpha value is -2.88. The average molecular weight is 365 g/mol. The van der Waals surface area contributed by atoms with E-state index >= 15 is 0 Å². The summed E-state index contributed by atoms with van der Waals surface area (Å²) in [6, 6.07) is 16.2. The molecule has 1 unspecified atom stereocenters. The van der Waals surface area contributed by atoms with Gasteiger partial charge in [0.15, 0.2) is 0 Å². The van der Waals surface area contributed by atoms with E-state index in [1.54, 1.807) is 12.1 Å². The number of ether oxygens (including phenoxy) is 1. The zero-order valence-corrected chi connectivity index (χ0v) is 15.7. The van der Waals surface area contributed by atoms with Crippen molar-refractivity contribution in [2.24, 2.45) is 0 Å². The van der Waals surface area contributed by atoms with E-state index in [1.807, 2.05) is 54.4 Å². The van der Waals surface area contributed by atoms with Gasteiger partial charge in [0.1, 0.15) is 5.82 Å². The Morgan fingerprint density at radius 2 is 1.78 bits per heavy atom. The van der Waals surface area contributed by atoms with Gasteiger partial charge in [-0.1, -0.05) is 49.8 Å². The molecule has 140 valence electrons. The van der Waals surface area contributed by atoms with Gasteiger partial charge in [-0.25, -0.2) is 9.18 Å². The number of carbonyl (C=O) groups excluding carboxylic acids is 1. The van der Waals surface area contributed by atoms with Crippen LogP contribution < -0.4 is 4.90 Å². The highest BCUT2D eigenvalue weighted by atomic mass is 19.1. The lowest BCUT2D eigenvalue weighted by Gasteiger charge is -2.33. The predicted octanol–water partition coefficient (Wildman–Crippen LogP) is 5.56. The minimum atomic E-state index is -0.300. The minimum absolute atomic E-state index is 0.163. The van der Waals surface area contributed by atoms with E-state index in [0.29, 0.717) is 12.2 Å². The Kier molecular flexibility index (Phi) is 6.07. The molecule has 0 aromatic heterocycles. The highest BCUT2D eigenvalue weighted by Crippen LogP contribution is 2.38. The minimum Gasteiger partial charge on any atom is -0.463 e. The van der Waals surface area contributed by atoms with Crippen LogP contribution in [0, 0.1) is 5.82 Å². The highest BCUT2D eigenvalue weighted by molar-refractivity contribution is 5.93. The van der Waals surface area contributed by atoms with Gasteiger partial charge in [-0.15, -0.1) is 0 Å². The van der Waals surface area contributed by atoms with Crippen LogP contribution in [0.1, 0.15) is 38.2 Å². The average Bonchev–Trinajstić information content (AvgIpc) is 2.69. The first-order chi connectivity index (χ1) is 13.2. The van der Waals surface area contributed by atoms with Crippen LogP contribution in [0.3, 0.4) is 0 Å². The molecule has 27 heavy (non-hydrogen) atoms. The Labute approximate surface area is 159 Å². The molecule has 1 atom stereocenters. The van der Waals surface area contributed by atoms with Crippen molar-refractivity contribution in [1.82, 2.24) is 0 Å². The van der Waals surface area contributed by atoms with E-state index in [1.165, 1.54) is 12.1 Å². The van der Waals surface area contributed by atoms with Gasteiger partial charge in [-0.05, 0) is 43.2 Å². The van der Waals surface area contributed by atoms with Crippen molar-refractivity contribution in [3.8, 4) is 0 Å². The first-order valence-electron chi connectivity index (χ1n) is 9.34. The van der Waals surface area contributed by atoms with Crippen LogP contribution in [-0.2, 0) is 9.53 Å². The summed E-state index contributed by atoms with van der Waals surface area (Å²) in [7, 11) is 0. The van der Waals surface area contributed by atoms with Crippen molar-refractivity contribution >= 4 is 11.7 Å². The Morgan fingerprint density at radius 1 is 1.07 bits per heavy atom. The van der Waals surface area contributed by atoms with E-state index < -0.39 is 0 Å². The zero-order valence-electron chi connectivity index (χ0n) is 15.7. The fourth-order valence-electron chi connectivity index (χ4n) is 3.39. The molecule has 0 bridgehead atoms. The number of hydrogen-bond donors (Lipinski definition) is 0. The van der Waals surface area contributed by atoms with Gasteiger partial charge in [0.05, 0.1) is 12.2 Å². The van der Waals surface area contributed by atoms with E-state index in [9.17, 15) is 9.18 Å². The molecule has 3 rings (SSSR count). The van der Waals surface area contributed by atoms with Crippen molar-refractivity contribution in [2.75, 3.05) is 11.5 Å². The van der Waals surface area contributed by atoms with Gasteiger partial charge in [0.25, 0.3) is 0 Å². The summed E-state index contributed by atoms with van der Waals surface area (Å²) in [6.07, 6.45) is 5.58. The van der Waals surface area contributed by atoms with E-state index in [4.69, 9.17) is 4.74 Å². The summed E-state index contributed by atoms with van der Waals surface area (Å²) in [6.45, 7) is 4.21. The van der Waals surface area contributed by atoms with Crippen LogP contribution in [-0.4, -0.2) is 12.6 Å². The normalized spacial score (nSPS) is 16.6. The number of rotatable bonds is 6. The van der Waals surface area contributed by atoms with E-state index in [0.717, 1.165) is 29.8 Å². The van der Waals surface area contributed by atoms with Crippen LogP contribution in [0.25, 0.3) is 0 Å². The van der Waals surface area contributed by atoms with Crippen molar-refractivity contribution in [1.29, 1.82) is 0 Å². The number of allylic oxidation sites excluding steroid dienone is 2. The fourth-order valence-corrected chi connectivity index (χ4v) is 3.39. The molecule has 1 aliphatic rings. The van der Waals surface area contributed by atoms with E-state index in [2.05, 4.69) is 6.92 Å². The molecule has 0 aliphatic carbocycles. The van der Waals surface area contributed by atoms with Crippen molar-refractivity contribution in [2.45, 2.75) is 32.6 Å². The molecule has 0 spiro atoms. The number of benzene rings is 2. The molecule has 1 aliphatic heterocycles. The standard InChI is InChI=1S/C23H24FNO2/c1-3-8-21-22(23(26)27-4-2)20(17-9-6-5-7-10-17)15-16-25(21)19-13-11-18(24)12-14-19/h5-7,9-16,20H,3-4,8H2,1-2H3. The quantitative estimate of drug-likeness (QED) is 0.628. The van der Waals surface area contributed by atoms with Gasteiger partial charge < -0.3 is 9.64 Å². The topological polar surface area (TPSA) is 29.5 Å². The summed E-state index contributed by atoms with van der Waals surface area (Å²) in [5.74, 6) is -0.747. The summed E-state index contributed by atoms with van der Waals surface area (Å²) in [5.41, 5.74) is 3.42. The summed E-state index contributed by atoms with van der Waals surface area (Å²) in [4.78, 5) is 14.9. The lowest BCUT2D eigenvalue weighted by Crippen LogP contribution is -2.28. The lowest BCUT2D eigenvalue weighted by molar-refractivity contribution is -0.138. The van der Waals surface area contributed by atoms with Gasteiger partial charge >= 0.3 is 5.97 Å². The third kappa shape index (κ3) is 4.11. The number of nitrogens with zero attached hydrogens (tertiary/aromatic N) is 1. The number of anilines is 1. The Bertz CT molecular complexity index is 840. The van der Waals surface area contributed by atoms with Gasteiger partial charge in [-0.3, -0.25) is 0 Å². The maximum absolute atomic E-state index is 13.4. The second kappa shape index (κ2) is 8.67. The molecule has 0 amide bonds. The number of carbonyl (C=O) groups is 1. The molecule has 0 saturated carbocycles. The molecule has 0 fully saturated rings. The molecule has 3 nitrogen and oxygen atoms in total. The Balaban J connectivity index is 2.12. The maximum Gasteiger partial charge on any atom is 0.336 e. The van der Waals surface area contributed by atoms with Crippen molar-refractivity contribution in [3.05, 3.63) is 89.5 Å². The molecule has 0 radical (unpaired) electrons. The molecule has 0 N–H and O–H groups in total. The fraction of sp³-hybridized carbons (Fsp3) is 0.261. The molecule has 0 saturated heterocycles. The van der Waals surface area contributed by atoms with Crippen molar-refractivity contribution in [3.63, 3.8) is 0 Å². The Morgan fingerprint density at radius 3 is 2.41 bits per heavy atom. The van der Waals surface area contributed by atoms with Gasteiger partial charge in [0.2, 0.25) is 0 Å². The summed E-state index contributed by atoms with van der Waals surface area (Å²) in [5, 5.41) is 0. The predicted molar refractivity (Wildman–Crippen MR) is 106 cm³/mol. The smallest absolute Gasteiger partial charge is 0.336 e. The largest absolute Gasteiger partial charge is 0.463 e. The first-order valence-corrected chi connectivity index (χ1v) is 9.34. The van der Waals surface area contributed by atoms with Crippen LogP contribution in [0.4, 0.5) is 10.1 Å². The molecule has 2 aromatic rings. The first kappa shape index (κ1) is 18.9. The monoisotopic (exact) mass is 365 g/mol. The molecule has 4 heteroatoms. The maximum atomic E-state index is 13.4. The van der Waals surface area contributed by atoms with Crippen LogP contribution >= 0.6 is 0 Å². The molecular formula is C23H24FNO2. The third-order valence-electron chi connectivity index (χ3n) is 4.59. The second-order valence-electron chi connectivity index (χ2n) is 6.41. The molecular weight excluding hydrogens is 341 g/mol. The second-order valence-corrected chi connectivity index (χ2v) is 6.41. The number of hydrogen-bond acceptors (Lipinski definition) is 3. The number of esters is 1. The summed E-state index contributed by atoms with van der Waals surface area (Å²) >= 11 is 0. The third-order valence-corrected chi connectivity index (χ3v) is 4.59. The molecule has 1 heterocycles.